The molecule has 2 unspecified atom stereocenters. The van der Waals surface area contributed by atoms with E-state index < -0.39 is 15.7 Å². The van der Waals surface area contributed by atoms with Crippen LogP contribution in [0.1, 0.15) is 50.7 Å². The number of aliphatic imine (C=N–C) groups is 1. The van der Waals surface area contributed by atoms with E-state index in [4.69, 9.17) is 0 Å². The van der Waals surface area contributed by atoms with Crippen LogP contribution in [-0.2, 0) is 22.1 Å². The van der Waals surface area contributed by atoms with Crippen molar-refractivity contribution in [2.75, 3.05) is 33.4 Å². The third-order valence-corrected chi connectivity index (χ3v) is 6.77. The summed E-state index contributed by atoms with van der Waals surface area (Å²) in [6.45, 7) is 6.00. The van der Waals surface area contributed by atoms with Crippen molar-refractivity contribution in [3.8, 4) is 0 Å². The first kappa shape index (κ1) is 24.6. The molecule has 2 rings (SSSR count). The van der Waals surface area contributed by atoms with Crippen molar-refractivity contribution < 1.29 is 12.8 Å². The van der Waals surface area contributed by atoms with Crippen LogP contribution < -0.4 is 10.6 Å². The summed E-state index contributed by atoms with van der Waals surface area (Å²) in [6.07, 6.45) is 5.94. The monoisotopic (exact) mass is 440 g/mol. The standard InChI is InChI=1S/C22H37FN4O2S/c1-6-24-21(26-16-22(27(3)4)11-7-8-17(2)13-22)25-14-19-12-20(23)10-9-18(19)15-30(5,28)29/h9-10,12,17H,6-8,11,13-16H2,1-5H3,(H2,24,25,26). The van der Waals surface area contributed by atoms with Crippen LogP contribution in [0.25, 0.3) is 0 Å². The lowest BCUT2D eigenvalue weighted by Gasteiger charge is -2.45. The van der Waals surface area contributed by atoms with Gasteiger partial charge < -0.3 is 15.5 Å². The summed E-state index contributed by atoms with van der Waals surface area (Å²) in [7, 11) is 1.05. The Morgan fingerprint density at radius 3 is 2.63 bits per heavy atom. The lowest BCUT2D eigenvalue weighted by Crippen LogP contribution is -2.56. The maximum atomic E-state index is 13.8. The summed E-state index contributed by atoms with van der Waals surface area (Å²) in [5.74, 6) is 0.835. The first-order valence-electron chi connectivity index (χ1n) is 10.7. The van der Waals surface area contributed by atoms with Crippen molar-refractivity contribution in [1.29, 1.82) is 0 Å². The molecule has 6 nitrogen and oxygen atoms in total. The molecule has 0 spiro atoms. The van der Waals surface area contributed by atoms with Crippen molar-refractivity contribution in [2.45, 2.75) is 57.4 Å². The molecular weight excluding hydrogens is 403 g/mol. The van der Waals surface area contributed by atoms with Gasteiger partial charge in [0.1, 0.15) is 5.82 Å². The van der Waals surface area contributed by atoms with Gasteiger partial charge >= 0.3 is 0 Å². The fourth-order valence-electron chi connectivity index (χ4n) is 4.28. The Hall–Kier alpha value is -1.67. The molecule has 0 radical (unpaired) electrons. The van der Waals surface area contributed by atoms with Gasteiger partial charge in [0, 0.05) is 24.9 Å². The molecule has 0 saturated heterocycles. The average molecular weight is 441 g/mol. The highest BCUT2D eigenvalue weighted by molar-refractivity contribution is 7.89. The second-order valence-corrected chi connectivity index (χ2v) is 11.0. The molecule has 1 saturated carbocycles. The number of sulfone groups is 1. The third-order valence-electron chi connectivity index (χ3n) is 5.94. The Labute approximate surface area is 181 Å². The second kappa shape index (κ2) is 10.6. The van der Waals surface area contributed by atoms with Gasteiger partial charge in [0.15, 0.2) is 15.8 Å². The van der Waals surface area contributed by atoms with Crippen molar-refractivity contribution in [1.82, 2.24) is 15.5 Å². The predicted octanol–water partition coefficient (Wildman–Crippen LogP) is 2.94. The number of benzene rings is 1. The van der Waals surface area contributed by atoms with E-state index in [1.54, 1.807) is 0 Å². The Morgan fingerprint density at radius 1 is 1.30 bits per heavy atom. The average Bonchev–Trinajstić information content (AvgIpc) is 2.64. The lowest BCUT2D eigenvalue weighted by molar-refractivity contribution is 0.0795. The number of nitrogens with one attached hydrogen (secondary N) is 2. The van der Waals surface area contributed by atoms with E-state index in [0.717, 1.165) is 19.4 Å². The number of rotatable bonds is 8. The zero-order valence-corrected chi connectivity index (χ0v) is 19.8. The van der Waals surface area contributed by atoms with E-state index in [2.05, 4.69) is 41.5 Å². The highest BCUT2D eigenvalue weighted by Crippen LogP contribution is 2.35. The SMILES string of the molecule is CCNC(=NCc1cc(F)ccc1CS(C)(=O)=O)NCC1(N(C)C)CCCC(C)C1. The van der Waals surface area contributed by atoms with Gasteiger partial charge in [0.05, 0.1) is 12.3 Å². The number of guanidine groups is 1. The highest BCUT2D eigenvalue weighted by Gasteiger charge is 2.36. The first-order valence-corrected chi connectivity index (χ1v) is 12.8. The van der Waals surface area contributed by atoms with Crippen LogP contribution in [0, 0.1) is 11.7 Å². The van der Waals surface area contributed by atoms with Gasteiger partial charge in [-0.25, -0.2) is 17.8 Å². The summed E-state index contributed by atoms with van der Waals surface area (Å²) in [5, 5.41) is 6.72. The molecular formula is C22H37FN4O2S. The van der Waals surface area contributed by atoms with Gasteiger partial charge in [-0.1, -0.05) is 25.8 Å². The van der Waals surface area contributed by atoms with Gasteiger partial charge in [0.25, 0.3) is 0 Å². The van der Waals surface area contributed by atoms with E-state index in [1.807, 2.05) is 6.92 Å². The van der Waals surface area contributed by atoms with Gasteiger partial charge in [-0.15, -0.1) is 0 Å². The van der Waals surface area contributed by atoms with E-state index in [9.17, 15) is 12.8 Å². The molecule has 0 bridgehead atoms. The molecule has 0 amide bonds. The van der Waals surface area contributed by atoms with Crippen LogP contribution in [0.3, 0.4) is 0 Å². The molecule has 2 atom stereocenters. The number of nitrogens with zero attached hydrogens (tertiary/aromatic N) is 2. The molecule has 1 fully saturated rings. The molecule has 1 aromatic rings. The molecule has 0 aliphatic heterocycles. The molecule has 0 aromatic heterocycles. The van der Waals surface area contributed by atoms with Crippen molar-refractivity contribution in [3.63, 3.8) is 0 Å². The van der Waals surface area contributed by atoms with Crippen LogP contribution in [-0.4, -0.2) is 58.3 Å². The van der Waals surface area contributed by atoms with Crippen molar-refractivity contribution in [2.24, 2.45) is 10.9 Å². The summed E-state index contributed by atoms with van der Waals surface area (Å²) in [4.78, 5) is 6.94. The minimum atomic E-state index is -3.22. The minimum absolute atomic E-state index is 0.0775. The van der Waals surface area contributed by atoms with Gasteiger partial charge in [-0.3, -0.25) is 0 Å². The summed E-state index contributed by atoms with van der Waals surface area (Å²) in [6, 6.07) is 4.20. The van der Waals surface area contributed by atoms with Gasteiger partial charge in [-0.05, 0) is 63.0 Å². The summed E-state index contributed by atoms with van der Waals surface area (Å²) < 4.78 is 37.2. The maximum absolute atomic E-state index is 13.8. The topological polar surface area (TPSA) is 73.8 Å². The molecule has 1 aliphatic carbocycles. The fourth-order valence-corrected chi connectivity index (χ4v) is 5.12. The largest absolute Gasteiger partial charge is 0.357 e. The zero-order chi connectivity index (χ0) is 22.4. The quantitative estimate of drug-likeness (QED) is 0.480. The Kier molecular flexibility index (Phi) is 8.67. The number of hydrogen-bond acceptors (Lipinski definition) is 4. The van der Waals surface area contributed by atoms with Crippen molar-refractivity contribution in [3.05, 3.63) is 35.1 Å². The van der Waals surface area contributed by atoms with E-state index in [1.165, 1.54) is 37.3 Å². The van der Waals surface area contributed by atoms with Crippen LogP contribution >= 0.6 is 0 Å². The van der Waals surface area contributed by atoms with Crippen LogP contribution in [0.15, 0.2) is 23.2 Å². The smallest absolute Gasteiger partial charge is 0.191 e. The lowest BCUT2D eigenvalue weighted by atomic mass is 9.75. The van der Waals surface area contributed by atoms with Gasteiger partial charge in [0.2, 0.25) is 0 Å². The number of halogens is 1. The molecule has 0 heterocycles. The van der Waals surface area contributed by atoms with Crippen LogP contribution in [0.2, 0.25) is 0 Å². The maximum Gasteiger partial charge on any atom is 0.191 e. The Morgan fingerprint density at radius 2 is 2.03 bits per heavy atom. The minimum Gasteiger partial charge on any atom is -0.357 e. The molecule has 1 aromatic carbocycles. The normalized spacial score (nSPS) is 22.9. The Balaban J connectivity index is 2.17. The zero-order valence-electron chi connectivity index (χ0n) is 19.0. The molecule has 170 valence electrons. The third kappa shape index (κ3) is 7.23. The Bertz CT molecular complexity index is 842. The van der Waals surface area contributed by atoms with Crippen LogP contribution in [0.4, 0.5) is 4.39 Å². The summed E-state index contributed by atoms with van der Waals surface area (Å²) in [5.41, 5.74) is 1.25. The molecule has 30 heavy (non-hydrogen) atoms. The number of likely N-dealkylation sites (N-methyl/N-ethyl adjacent to an activating group) is 1. The van der Waals surface area contributed by atoms with Crippen LogP contribution in [0.5, 0.6) is 0 Å². The predicted molar refractivity (Wildman–Crippen MR) is 122 cm³/mol. The first-order chi connectivity index (χ1) is 14.0. The summed E-state index contributed by atoms with van der Waals surface area (Å²) >= 11 is 0. The number of hydrogen-bond donors (Lipinski definition) is 2. The second-order valence-electron chi connectivity index (χ2n) is 8.85. The highest BCUT2D eigenvalue weighted by atomic mass is 32.2. The van der Waals surface area contributed by atoms with Gasteiger partial charge in [-0.2, -0.15) is 0 Å². The van der Waals surface area contributed by atoms with E-state index >= 15 is 0 Å². The molecule has 2 N–H and O–H groups in total. The molecule has 1 aliphatic rings. The van der Waals surface area contributed by atoms with E-state index in [-0.39, 0.29) is 17.8 Å². The van der Waals surface area contributed by atoms with E-state index in [0.29, 0.717) is 29.5 Å². The fraction of sp³-hybridized carbons (Fsp3) is 0.682. The van der Waals surface area contributed by atoms with Crippen molar-refractivity contribution >= 4 is 15.8 Å². The molecule has 8 heteroatoms.